The third-order valence-corrected chi connectivity index (χ3v) is 4.29. The molecular weight excluding hydrogens is 338 g/mol. The SMILES string of the molecule is CCNC(C)c1cc(Br)ccc1Sc1nccc(=O)[nH]1. The van der Waals surface area contributed by atoms with E-state index < -0.39 is 0 Å². The maximum absolute atomic E-state index is 11.3. The van der Waals surface area contributed by atoms with Crippen LogP contribution in [0.5, 0.6) is 0 Å². The summed E-state index contributed by atoms with van der Waals surface area (Å²) < 4.78 is 1.04. The summed E-state index contributed by atoms with van der Waals surface area (Å²) in [6.07, 6.45) is 1.52. The third-order valence-electron chi connectivity index (χ3n) is 2.80. The van der Waals surface area contributed by atoms with E-state index in [1.807, 2.05) is 12.1 Å². The van der Waals surface area contributed by atoms with Gasteiger partial charge in [-0.05, 0) is 37.2 Å². The molecule has 2 rings (SSSR count). The van der Waals surface area contributed by atoms with Crippen LogP contribution < -0.4 is 10.9 Å². The molecule has 0 radical (unpaired) electrons. The van der Waals surface area contributed by atoms with E-state index in [1.54, 1.807) is 0 Å². The summed E-state index contributed by atoms with van der Waals surface area (Å²) in [6, 6.07) is 7.76. The summed E-state index contributed by atoms with van der Waals surface area (Å²) >= 11 is 4.97. The maximum Gasteiger partial charge on any atom is 0.251 e. The Morgan fingerprint density at radius 1 is 1.45 bits per heavy atom. The lowest BCUT2D eigenvalue weighted by Crippen LogP contribution is -2.18. The van der Waals surface area contributed by atoms with Crippen molar-refractivity contribution in [1.29, 1.82) is 0 Å². The van der Waals surface area contributed by atoms with Gasteiger partial charge in [-0.1, -0.05) is 34.6 Å². The number of halogens is 1. The van der Waals surface area contributed by atoms with Gasteiger partial charge >= 0.3 is 0 Å². The van der Waals surface area contributed by atoms with Gasteiger partial charge in [0.1, 0.15) is 0 Å². The summed E-state index contributed by atoms with van der Waals surface area (Å²) in [6.45, 7) is 5.10. The molecule has 6 heteroatoms. The minimum Gasteiger partial charge on any atom is -0.310 e. The molecule has 0 amide bonds. The molecule has 2 N–H and O–H groups in total. The minimum absolute atomic E-state index is 0.138. The number of nitrogens with zero attached hydrogens (tertiary/aromatic N) is 1. The number of hydrogen-bond donors (Lipinski definition) is 2. The molecule has 0 spiro atoms. The van der Waals surface area contributed by atoms with E-state index in [0.717, 1.165) is 15.9 Å². The second kappa shape index (κ2) is 7.06. The van der Waals surface area contributed by atoms with Gasteiger partial charge in [0.15, 0.2) is 5.16 Å². The molecule has 0 saturated heterocycles. The van der Waals surface area contributed by atoms with E-state index in [2.05, 4.69) is 51.1 Å². The van der Waals surface area contributed by atoms with Crippen molar-refractivity contribution in [1.82, 2.24) is 15.3 Å². The number of aromatic amines is 1. The van der Waals surface area contributed by atoms with Gasteiger partial charge in [0.25, 0.3) is 5.56 Å². The first-order valence-electron chi connectivity index (χ1n) is 6.36. The summed E-state index contributed by atoms with van der Waals surface area (Å²) in [5, 5.41) is 4.00. The molecule has 1 aromatic heterocycles. The van der Waals surface area contributed by atoms with E-state index >= 15 is 0 Å². The number of H-pyrrole nitrogens is 1. The average Bonchev–Trinajstić information content (AvgIpc) is 2.41. The van der Waals surface area contributed by atoms with Crippen LogP contribution in [0.3, 0.4) is 0 Å². The summed E-state index contributed by atoms with van der Waals surface area (Å²) in [4.78, 5) is 19.3. The quantitative estimate of drug-likeness (QED) is 0.809. The third kappa shape index (κ3) is 3.94. The molecule has 0 saturated carbocycles. The van der Waals surface area contributed by atoms with E-state index in [1.165, 1.54) is 29.6 Å². The Hall–Kier alpha value is -1.11. The van der Waals surface area contributed by atoms with Gasteiger partial charge in [-0.15, -0.1) is 0 Å². The van der Waals surface area contributed by atoms with Crippen LogP contribution in [-0.2, 0) is 0 Å². The van der Waals surface area contributed by atoms with Crippen molar-refractivity contribution in [2.24, 2.45) is 0 Å². The van der Waals surface area contributed by atoms with Gasteiger partial charge < -0.3 is 10.3 Å². The number of hydrogen-bond acceptors (Lipinski definition) is 4. The van der Waals surface area contributed by atoms with Crippen LogP contribution in [0.25, 0.3) is 0 Å². The number of benzene rings is 1. The molecule has 0 bridgehead atoms. The van der Waals surface area contributed by atoms with Gasteiger partial charge in [-0.2, -0.15) is 0 Å². The molecule has 0 aliphatic heterocycles. The Bertz CT molecular complexity index is 644. The van der Waals surface area contributed by atoms with Crippen LogP contribution >= 0.6 is 27.7 Å². The lowest BCUT2D eigenvalue weighted by Gasteiger charge is -2.17. The van der Waals surface area contributed by atoms with Gasteiger partial charge in [0.2, 0.25) is 0 Å². The molecule has 0 fully saturated rings. The van der Waals surface area contributed by atoms with Crippen molar-refractivity contribution in [3.63, 3.8) is 0 Å². The number of nitrogens with one attached hydrogen (secondary N) is 2. The van der Waals surface area contributed by atoms with Crippen molar-refractivity contribution in [2.75, 3.05) is 6.54 Å². The Morgan fingerprint density at radius 3 is 2.95 bits per heavy atom. The van der Waals surface area contributed by atoms with Crippen molar-refractivity contribution in [3.05, 3.63) is 50.9 Å². The monoisotopic (exact) mass is 353 g/mol. The topological polar surface area (TPSA) is 57.8 Å². The zero-order valence-electron chi connectivity index (χ0n) is 11.3. The standard InChI is InChI=1S/C14H16BrN3OS/c1-3-16-9(2)11-8-10(15)4-5-12(11)20-14-17-7-6-13(19)18-14/h4-9,16H,3H2,1-2H3,(H,17,18,19). The van der Waals surface area contributed by atoms with Crippen molar-refractivity contribution in [3.8, 4) is 0 Å². The van der Waals surface area contributed by atoms with Crippen LogP contribution in [0.2, 0.25) is 0 Å². The first kappa shape index (κ1) is 15.3. The van der Waals surface area contributed by atoms with Gasteiger partial charge in [-0.3, -0.25) is 4.79 Å². The highest BCUT2D eigenvalue weighted by Gasteiger charge is 2.12. The fourth-order valence-electron chi connectivity index (χ4n) is 1.87. The van der Waals surface area contributed by atoms with Crippen LogP contribution in [0.4, 0.5) is 0 Å². The maximum atomic E-state index is 11.3. The molecule has 1 heterocycles. The molecule has 0 aliphatic carbocycles. The van der Waals surface area contributed by atoms with Crippen molar-refractivity contribution < 1.29 is 0 Å². The summed E-state index contributed by atoms with van der Waals surface area (Å²) in [5.41, 5.74) is 1.04. The molecule has 4 nitrogen and oxygen atoms in total. The Labute approximate surface area is 130 Å². The van der Waals surface area contributed by atoms with Crippen molar-refractivity contribution in [2.45, 2.75) is 29.9 Å². The van der Waals surface area contributed by atoms with Crippen LogP contribution in [0, 0.1) is 0 Å². The molecule has 1 atom stereocenters. The molecular formula is C14H16BrN3OS. The number of aromatic nitrogens is 2. The van der Waals surface area contributed by atoms with Gasteiger partial charge in [0.05, 0.1) is 0 Å². The molecule has 106 valence electrons. The van der Waals surface area contributed by atoms with E-state index in [0.29, 0.717) is 5.16 Å². The fourth-order valence-corrected chi connectivity index (χ4v) is 3.22. The Kier molecular flexibility index (Phi) is 5.39. The molecule has 20 heavy (non-hydrogen) atoms. The predicted octanol–water partition coefficient (Wildman–Crippen LogP) is 3.35. The second-order valence-electron chi connectivity index (χ2n) is 4.30. The normalized spacial score (nSPS) is 12.3. The Morgan fingerprint density at radius 2 is 2.25 bits per heavy atom. The highest BCUT2D eigenvalue weighted by Crippen LogP contribution is 2.32. The lowest BCUT2D eigenvalue weighted by molar-refractivity contribution is 0.589. The zero-order chi connectivity index (χ0) is 14.5. The molecule has 1 unspecified atom stereocenters. The van der Waals surface area contributed by atoms with Crippen LogP contribution in [0.15, 0.2) is 49.8 Å². The number of rotatable bonds is 5. The van der Waals surface area contributed by atoms with Crippen LogP contribution in [-0.4, -0.2) is 16.5 Å². The van der Waals surface area contributed by atoms with Crippen molar-refractivity contribution >= 4 is 27.7 Å². The lowest BCUT2D eigenvalue weighted by atomic mass is 10.1. The minimum atomic E-state index is -0.138. The van der Waals surface area contributed by atoms with E-state index in [-0.39, 0.29) is 11.6 Å². The average molecular weight is 354 g/mol. The van der Waals surface area contributed by atoms with Gasteiger partial charge in [-0.25, -0.2) is 4.98 Å². The Balaban J connectivity index is 2.33. The fraction of sp³-hybridized carbons (Fsp3) is 0.286. The largest absolute Gasteiger partial charge is 0.310 e. The molecule has 2 aromatic rings. The predicted molar refractivity (Wildman–Crippen MR) is 85.2 cm³/mol. The van der Waals surface area contributed by atoms with Crippen LogP contribution in [0.1, 0.15) is 25.5 Å². The van der Waals surface area contributed by atoms with E-state index in [4.69, 9.17) is 0 Å². The van der Waals surface area contributed by atoms with Gasteiger partial charge in [0, 0.05) is 27.7 Å². The zero-order valence-corrected chi connectivity index (χ0v) is 13.7. The van der Waals surface area contributed by atoms with E-state index in [9.17, 15) is 4.79 Å². The second-order valence-corrected chi connectivity index (χ2v) is 6.25. The molecule has 0 aliphatic rings. The smallest absolute Gasteiger partial charge is 0.251 e. The first-order chi connectivity index (χ1) is 9.60. The molecule has 1 aromatic carbocycles. The highest BCUT2D eigenvalue weighted by molar-refractivity contribution is 9.10. The summed E-state index contributed by atoms with van der Waals surface area (Å²) in [5.74, 6) is 0. The highest BCUT2D eigenvalue weighted by atomic mass is 79.9. The first-order valence-corrected chi connectivity index (χ1v) is 7.97. The summed E-state index contributed by atoms with van der Waals surface area (Å²) in [7, 11) is 0.